The molecule has 4 rings (SSSR count). The first-order valence-electron chi connectivity index (χ1n) is 40.3. The quantitative estimate of drug-likeness (QED) is 0.00629. The number of hydrogen-bond acceptors (Lipinski definition) is 19. The van der Waals surface area contributed by atoms with Crippen molar-refractivity contribution >= 4 is 93.9 Å². The zero-order valence-electron chi connectivity index (χ0n) is 68.5. The molecule has 4 aromatic carbocycles. The molecule has 4 aromatic rings. The summed E-state index contributed by atoms with van der Waals surface area (Å²) in [5, 5.41) is 38.1. The minimum absolute atomic E-state index is 0. The van der Waals surface area contributed by atoms with Gasteiger partial charge in [0.05, 0.1) is 69.7 Å². The number of carbonyl (C=O) groups is 4. The second-order valence-electron chi connectivity index (χ2n) is 28.8. The number of nitro benzene ring substituents is 2. The summed E-state index contributed by atoms with van der Waals surface area (Å²) < 4.78 is 27.4. The SMILES string of the molecule is C=C(C)C(=O)OCCCCCCCCCCCCCCCCCC.C=C(C)C(=O)OCCN(CC)c1ccc(N=Nc2ccc([N+](=O)[O-])cc2)cc1.CCCCCCCCCCCCCCCCCCOC(=O)C(C)(CC)CC(C)(C)C(=O)OCCN(CC)c1ccc(N=Nc2ccc([N+](=O)[O-])cc2)cc1.[B].[NH]=[Al]. The van der Waals surface area contributed by atoms with Gasteiger partial charge in [-0.25, -0.2) is 9.59 Å². The molecule has 109 heavy (non-hydrogen) atoms. The summed E-state index contributed by atoms with van der Waals surface area (Å²) in [6, 6.07) is 26.8. The van der Waals surface area contributed by atoms with Crippen LogP contribution in [0.4, 0.5) is 45.5 Å². The Morgan fingerprint density at radius 3 is 0.917 bits per heavy atom. The second-order valence-corrected chi connectivity index (χ2v) is 28.8. The number of unbranched alkanes of at least 4 members (excludes halogenated alkanes) is 30. The van der Waals surface area contributed by atoms with Gasteiger partial charge in [0, 0.05) is 68.3 Å². The van der Waals surface area contributed by atoms with Crippen LogP contribution in [0.2, 0.25) is 0 Å². The molecule has 0 saturated heterocycles. The van der Waals surface area contributed by atoms with Crippen LogP contribution in [0.3, 0.4) is 0 Å². The van der Waals surface area contributed by atoms with Gasteiger partial charge in [-0.2, -0.15) is 20.5 Å². The number of anilines is 2. The average Bonchev–Trinajstić information content (AvgIpc) is 0.818. The summed E-state index contributed by atoms with van der Waals surface area (Å²) in [6.07, 6.45) is 43.5. The van der Waals surface area contributed by atoms with E-state index in [1.807, 2.05) is 90.1 Å². The first-order valence-corrected chi connectivity index (χ1v) is 40.9. The summed E-state index contributed by atoms with van der Waals surface area (Å²) in [6.45, 7) is 30.6. The zero-order valence-corrected chi connectivity index (χ0v) is 69.6. The molecule has 0 aromatic heterocycles. The third kappa shape index (κ3) is 48.5. The molecule has 0 amide bonds. The molecule has 1 N–H and O–H groups in total. The molecule has 0 aliphatic heterocycles. The summed E-state index contributed by atoms with van der Waals surface area (Å²) in [5.74, 6) is -1.21. The van der Waals surface area contributed by atoms with E-state index in [2.05, 4.69) is 57.3 Å². The van der Waals surface area contributed by atoms with E-state index in [1.165, 1.54) is 210 Å². The molecule has 0 bridgehead atoms. The first kappa shape index (κ1) is 101. The van der Waals surface area contributed by atoms with Crippen molar-refractivity contribution in [3.8, 4) is 0 Å². The Labute approximate surface area is 665 Å². The predicted octanol–water partition coefficient (Wildman–Crippen LogP) is 24.9. The zero-order chi connectivity index (χ0) is 80.1. The Kier molecular flexibility index (Phi) is 59.4. The maximum atomic E-state index is 13.2. The van der Waals surface area contributed by atoms with E-state index in [0.29, 0.717) is 79.6 Å². The number of nitrogens with one attached hydrogen (secondary N) is 1. The maximum absolute atomic E-state index is 13.2. The van der Waals surface area contributed by atoms with Gasteiger partial charge in [-0.05, 0) is 147 Å². The Bertz CT molecular complexity index is 3180. The average molecular weight is 1520 g/mol. The molecule has 0 aliphatic rings. The van der Waals surface area contributed by atoms with Gasteiger partial charge in [0.2, 0.25) is 0 Å². The Morgan fingerprint density at radius 2 is 0.651 bits per heavy atom. The van der Waals surface area contributed by atoms with E-state index in [9.17, 15) is 39.4 Å². The summed E-state index contributed by atoms with van der Waals surface area (Å²) in [4.78, 5) is 73.8. The molecule has 0 heterocycles. The van der Waals surface area contributed by atoms with Crippen molar-refractivity contribution in [3.63, 3.8) is 0 Å². The van der Waals surface area contributed by atoms with E-state index < -0.39 is 26.6 Å². The Morgan fingerprint density at radius 1 is 0.404 bits per heavy atom. The van der Waals surface area contributed by atoms with Crippen LogP contribution in [0.15, 0.2) is 142 Å². The van der Waals surface area contributed by atoms with Crippen molar-refractivity contribution in [2.75, 3.05) is 62.4 Å². The van der Waals surface area contributed by atoms with E-state index >= 15 is 0 Å². The number of non-ortho nitro benzene ring substituents is 2. The van der Waals surface area contributed by atoms with E-state index in [1.54, 1.807) is 54.2 Å². The van der Waals surface area contributed by atoms with Crippen LogP contribution in [0.5, 0.6) is 0 Å². The number of benzene rings is 4. The normalized spacial score (nSPS) is 11.5. The number of likely N-dealkylation sites (N-methyl/N-ethyl adjacent to an activating group) is 2. The fourth-order valence-corrected chi connectivity index (χ4v) is 12.0. The molecular formula is C86H135AlBN9O12. The van der Waals surface area contributed by atoms with Crippen LogP contribution in [0.25, 0.3) is 0 Å². The summed E-state index contributed by atoms with van der Waals surface area (Å²) in [7, 11) is 0. The van der Waals surface area contributed by atoms with Gasteiger partial charge < -0.3 is 28.7 Å². The Hall–Kier alpha value is -7.76. The first-order chi connectivity index (χ1) is 52.0. The molecular weight excluding hydrogens is 1390 g/mol. The minimum atomic E-state index is -0.856. The third-order valence-electron chi connectivity index (χ3n) is 18.9. The topological polar surface area (TPSA) is 271 Å². The second kappa shape index (κ2) is 64.0. The standard InChI is InChI=1S/C44H70N4O6.C22H42O2.C20H22N4O4.Al.B.HN/c1-7-10-11-12-13-14-15-16-17-18-19-20-21-22-23-24-34-53-42(50)44(6,8-2)36-43(4,5)41(49)54-35-33-47(9-3)39-29-25-37(26-30-39)45-46-38-27-31-40(32-28-38)48(51)52;1-4-5-6-7-8-9-10-11-12-13-14-15-16-17-18-19-20-24-22(23)21(2)3;1-4-23(13-14-28-20(25)15(2)3)18-9-5-16(6-10-18)21-22-17-7-11-19(12-8-17)24(26)27;;;/h25-32H,7-24,33-36H2,1-6H3;2,4-20H2,1,3H3;5-12H,2,4,13-14H2,1,3H3;;;1H. The number of nitro groups is 2. The van der Waals surface area contributed by atoms with E-state index in [4.69, 9.17) is 23.3 Å². The van der Waals surface area contributed by atoms with Crippen molar-refractivity contribution < 1.29 is 48.0 Å². The van der Waals surface area contributed by atoms with Gasteiger partial charge in [0.15, 0.2) is 0 Å². The van der Waals surface area contributed by atoms with Crippen LogP contribution < -0.4 is 9.80 Å². The molecule has 602 valence electrons. The van der Waals surface area contributed by atoms with Crippen LogP contribution in [0.1, 0.15) is 288 Å². The third-order valence-corrected chi connectivity index (χ3v) is 18.9. The van der Waals surface area contributed by atoms with Gasteiger partial charge in [0.1, 0.15) is 13.2 Å². The summed E-state index contributed by atoms with van der Waals surface area (Å²) in [5.41, 5.74) is 3.54. The molecule has 4 radical (unpaired) electrons. The number of carbonyl (C=O) groups excluding carboxylic acids is 4. The van der Waals surface area contributed by atoms with Crippen molar-refractivity contribution in [2.24, 2.45) is 31.3 Å². The van der Waals surface area contributed by atoms with Gasteiger partial charge in [-0.3, -0.25) is 29.8 Å². The van der Waals surface area contributed by atoms with Gasteiger partial charge in [0.25, 0.3) is 11.4 Å². The van der Waals surface area contributed by atoms with Crippen LogP contribution >= 0.6 is 0 Å². The number of esters is 4. The molecule has 1 atom stereocenters. The van der Waals surface area contributed by atoms with Gasteiger partial charge >= 0.3 is 44.3 Å². The molecule has 0 aliphatic carbocycles. The fourth-order valence-electron chi connectivity index (χ4n) is 12.0. The number of nitrogens with zero attached hydrogens (tertiary/aromatic N) is 8. The number of ether oxygens (including phenoxy) is 4. The summed E-state index contributed by atoms with van der Waals surface area (Å²) >= 11 is 1.67. The molecule has 21 nitrogen and oxygen atoms in total. The van der Waals surface area contributed by atoms with Crippen LogP contribution in [-0.2, 0) is 38.1 Å². The molecule has 0 fully saturated rings. The van der Waals surface area contributed by atoms with Crippen molar-refractivity contribution in [1.29, 1.82) is 4.35 Å². The van der Waals surface area contributed by atoms with Crippen molar-refractivity contribution in [3.05, 3.63) is 142 Å². The number of hydrogen-bond donors (Lipinski definition) is 1. The molecule has 1 unspecified atom stereocenters. The molecule has 23 heteroatoms. The number of azo groups is 2. The van der Waals surface area contributed by atoms with Crippen molar-refractivity contribution in [1.82, 2.24) is 0 Å². The number of rotatable bonds is 57. The molecule has 0 spiro atoms. The Balaban J connectivity index is 0.00000177. The van der Waals surface area contributed by atoms with Gasteiger partial charge in [-0.1, -0.05) is 227 Å². The van der Waals surface area contributed by atoms with E-state index in [0.717, 1.165) is 37.2 Å². The molecule has 0 saturated carbocycles. The van der Waals surface area contributed by atoms with Gasteiger partial charge in [-0.15, -0.1) is 0 Å². The predicted molar refractivity (Wildman–Crippen MR) is 447 cm³/mol. The van der Waals surface area contributed by atoms with E-state index in [-0.39, 0.29) is 50.9 Å². The van der Waals surface area contributed by atoms with Crippen LogP contribution in [0, 0.1) is 35.4 Å². The monoisotopic (exact) mass is 1520 g/mol. The van der Waals surface area contributed by atoms with Crippen molar-refractivity contribution in [2.45, 2.75) is 288 Å². The van der Waals surface area contributed by atoms with Crippen LogP contribution in [-0.4, -0.2) is 111 Å². The fraction of sp³-hybridized carbons (Fsp3) is 0.628.